The number of hydrogen-bond donors (Lipinski definition) is 2. The Morgan fingerprint density at radius 2 is 2.10 bits per heavy atom. The monoisotopic (exact) mass is 305 g/mol. The molecule has 112 valence electrons. The van der Waals surface area contributed by atoms with Crippen LogP contribution in [0.15, 0.2) is 18.2 Å². The summed E-state index contributed by atoms with van der Waals surface area (Å²) in [7, 11) is 1.63. The van der Waals surface area contributed by atoms with Gasteiger partial charge in [0, 0.05) is 29.2 Å². The maximum Gasteiger partial charge on any atom is 0.266 e. The van der Waals surface area contributed by atoms with Gasteiger partial charge in [0.1, 0.15) is 10.6 Å². The summed E-state index contributed by atoms with van der Waals surface area (Å²) in [4.78, 5) is 15.1. The van der Waals surface area contributed by atoms with E-state index in [0.717, 1.165) is 28.7 Å². The average molecular weight is 305 g/mol. The van der Waals surface area contributed by atoms with Gasteiger partial charge in [-0.3, -0.25) is 4.79 Å². The lowest BCUT2D eigenvalue weighted by atomic mass is 10.1. The first-order valence-corrected chi connectivity index (χ1v) is 7.82. The minimum Gasteiger partial charge on any atom is -0.497 e. The van der Waals surface area contributed by atoms with E-state index in [-0.39, 0.29) is 11.9 Å². The molecular weight excluding hydrogens is 286 g/mol. The van der Waals surface area contributed by atoms with Crippen molar-refractivity contribution < 1.29 is 9.53 Å². The van der Waals surface area contributed by atoms with Gasteiger partial charge in [0.2, 0.25) is 0 Å². The van der Waals surface area contributed by atoms with Crippen molar-refractivity contribution in [3.05, 3.63) is 23.1 Å². The van der Waals surface area contributed by atoms with Crippen molar-refractivity contribution in [2.45, 2.75) is 18.9 Å². The fraction of sp³-hybridized carbons (Fsp3) is 0.400. The number of fused-ring (bicyclic) bond motifs is 1. The van der Waals surface area contributed by atoms with E-state index in [1.807, 2.05) is 23.1 Å². The van der Waals surface area contributed by atoms with E-state index < -0.39 is 0 Å². The molecule has 6 heteroatoms. The summed E-state index contributed by atoms with van der Waals surface area (Å²) in [6, 6.07) is 5.89. The van der Waals surface area contributed by atoms with Crippen molar-refractivity contribution >= 4 is 33.0 Å². The highest BCUT2D eigenvalue weighted by Gasteiger charge is 2.25. The number of piperidine rings is 1. The van der Waals surface area contributed by atoms with E-state index in [0.29, 0.717) is 23.7 Å². The number of nitrogens with zero attached hydrogens (tertiary/aromatic N) is 1. The fourth-order valence-electron chi connectivity index (χ4n) is 2.63. The predicted octanol–water partition coefficient (Wildman–Crippen LogP) is 2.06. The number of benzene rings is 1. The molecule has 1 amide bonds. The molecule has 1 aliphatic rings. The Morgan fingerprint density at radius 1 is 1.38 bits per heavy atom. The molecule has 0 saturated carbocycles. The molecule has 1 fully saturated rings. The molecule has 21 heavy (non-hydrogen) atoms. The molecule has 0 atom stereocenters. The van der Waals surface area contributed by atoms with E-state index in [4.69, 9.17) is 16.2 Å². The summed E-state index contributed by atoms with van der Waals surface area (Å²) in [5.41, 5.74) is 12.6. The predicted molar refractivity (Wildman–Crippen MR) is 85.9 cm³/mol. The Hall–Kier alpha value is -1.79. The number of carbonyl (C=O) groups is 1. The molecule has 2 aromatic rings. The number of hydrogen-bond acceptors (Lipinski definition) is 5. The summed E-state index contributed by atoms with van der Waals surface area (Å²) < 4.78 is 6.19. The number of carbonyl (C=O) groups excluding carboxylic acids is 1. The van der Waals surface area contributed by atoms with Crippen molar-refractivity contribution in [1.29, 1.82) is 0 Å². The fourth-order valence-corrected chi connectivity index (χ4v) is 3.75. The van der Waals surface area contributed by atoms with Crippen molar-refractivity contribution in [3.63, 3.8) is 0 Å². The van der Waals surface area contributed by atoms with Crippen LogP contribution in [0.2, 0.25) is 0 Å². The van der Waals surface area contributed by atoms with Crippen molar-refractivity contribution in [1.82, 2.24) is 4.90 Å². The van der Waals surface area contributed by atoms with Gasteiger partial charge < -0.3 is 21.1 Å². The summed E-state index contributed by atoms with van der Waals surface area (Å²) in [5.74, 6) is 0.784. The van der Waals surface area contributed by atoms with Crippen LogP contribution in [0.25, 0.3) is 10.1 Å². The smallest absolute Gasteiger partial charge is 0.266 e. The first kappa shape index (κ1) is 14.2. The van der Waals surface area contributed by atoms with E-state index >= 15 is 0 Å². The summed E-state index contributed by atoms with van der Waals surface area (Å²) in [6.07, 6.45) is 1.70. The lowest BCUT2D eigenvalue weighted by Crippen LogP contribution is -2.42. The van der Waals surface area contributed by atoms with Crippen LogP contribution >= 0.6 is 11.3 Å². The zero-order chi connectivity index (χ0) is 15.0. The van der Waals surface area contributed by atoms with Crippen LogP contribution in [-0.4, -0.2) is 37.0 Å². The first-order valence-electron chi connectivity index (χ1n) is 7.01. The second-order valence-corrected chi connectivity index (χ2v) is 6.39. The average Bonchev–Trinajstić information content (AvgIpc) is 2.83. The van der Waals surface area contributed by atoms with Gasteiger partial charge in [0.25, 0.3) is 5.91 Å². The Balaban J connectivity index is 1.92. The van der Waals surface area contributed by atoms with E-state index in [1.165, 1.54) is 11.3 Å². The second-order valence-electron chi connectivity index (χ2n) is 5.34. The Labute approximate surface area is 127 Å². The third-order valence-corrected chi connectivity index (χ3v) is 5.11. The molecule has 0 radical (unpaired) electrons. The van der Waals surface area contributed by atoms with Crippen LogP contribution in [0.4, 0.5) is 5.69 Å². The largest absolute Gasteiger partial charge is 0.497 e. The van der Waals surface area contributed by atoms with E-state index in [2.05, 4.69) is 0 Å². The van der Waals surface area contributed by atoms with Gasteiger partial charge in [0.15, 0.2) is 0 Å². The van der Waals surface area contributed by atoms with Crippen molar-refractivity contribution in [2.75, 3.05) is 25.9 Å². The topological polar surface area (TPSA) is 81.6 Å². The van der Waals surface area contributed by atoms with Crippen molar-refractivity contribution in [3.8, 4) is 5.75 Å². The number of likely N-dealkylation sites (tertiary alicyclic amines) is 1. The van der Waals surface area contributed by atoms with Gasteiger partial charge in [-0.1, -0.05) is 0 Å². The Morgan fingerprint density at radius 3 is 2.76 bits per heavy atom. The molecule has 4 N–H and O–H groups in total. The molecule has 5 nitrogen and oxygen atoms in total. The molecule has 0 aliphatic carbocycles. The third-order valence-electron chi connectivity index (χ3n) is 3.96. The third kappa shape index (κ3) is 2.56. The Bertz CT molecular complexity index is 675. The van der Waals surface area contributed by atoms with Gasteiger partial charge in [-0.2, -0.15) is 0 Å². The molecule has 0 unspecified atom stereocenters. The zero-order valence-electron chi connectivity index (χ0n) is 12.0. The van der Waals surface area contributed by atoms with E-state index in [9.17, 15) is 4.79 Å². The number of rotatable bonds is 2. The van der Waals surface area contributed by atoms with Crippen LogP contribution in [0.5, 0.6) is 5.75 Å². The van der Waals surface area contributed by atoms with Crippen LogP contribution in [-0.2, 0) is 0 Å². The van der Waals surface area contributed by atoms with Gasteiger partial charge in [0.05, 0.1) is 12.8 Å². The van der Waals surface area contributed by atoms with Crippen molar-refractivity contribution in [2.24, 2.45) is 5.73 Å². The van der Waals surface area contributed by atoms with Crippen LogP contribution in [0, 0.1) is 0 Å². The number of nitrogens with two attached hydrogens (primary N) is 2. The minimum absolute atomic E-state index is 0.0135. The summed E-state index contributed by atoms with van der Waals surface area (Å²) >= 11 is 1.43. The highest BCUT2D eigenvalue weighted by atomic mass is 32.1. The number of ether oxygens (including phenoxy) is 1. The van der Waals surface area contributed by atoms with Gasteiger partial charge in [-0.05, 0) is 31.0 Å². The minimum atomic E-state index is 0.0135. The lowest BCUT2D eigenvalue weighted by molar-refractivity contribution is 0.0720. The number of amides is 1. The first-order chi connectivity index (χ1) is 10.1. The number of methoxy groups -OCH3 is 1. The molecule has 2 heterocycles. The molecule has 1 aromatic carbocycles. The lowest BCUT2D eigenvalue weighted by Gasteiger charge is -2.29. The normalized spacial score (nSPS) is 16.4. The molecule has 1 aromatic heterocycles. The highest BCUT2D eigenvalue weighted by Crippen LogP contribution is 2.36. The molecule has 1 saturated heterocycles. The highest BCUT2D eigenvalue weighted by molar-refractivity contribution is 7.21. The van der Waals surface area contributed by atoms with Gasteiger partial charge >= 0.3 is 0 Å². The number of thiophene rings is 1. The number of nitrogen functional groups attached to an aromatic ring is 1. The standard InChI is InChI=1S/C15H19N3O2S/c1-20-10-2-3-11-12(8-10)21-14(13(11)17)15(19)18-6-4-9(16)5-7-18/h2-3,8-9H,4-7,16-17H2,1H3. The maximum absolute atomic E-state index is 12.6. The zero-order valence-corrected chi connectivity index (χ0v) is 12.8. The number of anilines is 1. The molecule has 1 aliphatic heterocycles. The second kappa shape index (κ2) is 5.54. The molecular formula is C15H19N3O2S. The Kier molecular flexibility index (Phi) is 3.73. The molecule has 0 bridgehead atoms. The molecule has 0 spiro atoms. The summed E-state index contributed by atoms with van der Waals surface area (Å²) in [6.45, 7) is 1.41. The molecule has 3 rings (SSSR count). The SMILES string of the molecule is COc1ccc2c(N)c(C(=O)N3CCC(N)CC3)sc2c1. The van der Waals surface area contributed by atoms with E-state index in [1.54, 1.807) is 7.11 Å². The van der Waals surface area contributed by atoms with Gasteiger partial charge in [-0.25, -0.2) is 0 Å². The quantitative estimate of drug-likeness (QED) is 0.890. The van der Waals surface area contributed by atoms with Crippen LogP contribution in [0.3, 0.4) is 0 Å². The maximum atomic E-state index is 12.6. The van der Waals surface area contributed by atoms with Gasteiger partial charge in [-0.15, -0.1) is 11.3 Å². The van der Waals surface area contributed by atoms with Crippen LogP contribution in [0.1, 0.15) is 22.5 Å². The summed E-state index contributed by atoms with van der Waals surface area (Å²) in [5, 5.41) is 0.915. The van der Waals surface area contributed by atoms with Crippen LogP contribution < -0.4 is 16.2 Å².